The zero-order chi connectivity index (χ0) is 11.8. The maximum absolute atomic E-state index is 5.58. The summed E-state index contributed by atoms with van der Waals surface area (Å²) < 4.78 is 0. The van der Waals surface area contributed by atoms with Gasteiger partial charge in [0.25, 0.3) is 0 Å². The van der Waals surface area contributed by atoms with Gasteiger partial charge in [-0.3, -0.25) is 5.10 Å². The Kier molecular flexibility index (Phi) is 6.18. The van der Waals surface area contributed by atoms with Crippen molar-refractivity contribution in [3.05, 3.63) is 23.8 Å². The van der Waals surface area contributed by atoms with Crippen LogP contribution in [0.25, 0.3) is 10.9 Å². The summed E-state index contributed by atoms with van der Waals surface area (Å²) in [6, 6.07) is 6.02. The molecule has 0 saturated heterocycles. The molecule has 84 valence electrons. The van der Waals surface area contributed by atoms with E-state index in [-0.39, 0.29) is 0 Å². The highest BCUT2D eigenvalue weighted by molar-refractivity contribution is 5.88. The number of aromatic amines is 1. The highest BCUT2D eigenvalue weighted by atomic mass is 15.1. The van der Waals surface area contributed by atoms with Crippen LogP contribution in [0, 0.1) is 6.92 Å². The summed E-state index contributed by atoms with van der Waals surface area (Å²) in [4.78, 5) is 0. The summed E-state index contributed by atoms with van der Waals surface area (Å²) in [5.41, 5.74) is 7.80. The highest BCUT2D eigenvalue weighted by Crippen LogP contribution is 2.17. The van der Waals surface area contributed by atoms with Gasteiger partial charge in [-0.15, -0.1) is 0 Å². The number of H-pyrrole nitrogens is 1. The second-order valence-corrected chi connectivity index (χ2v) is 2.66. The first-order valence-corrected chi connectivity index (χ1v) is 5.47. The number of benzene rings is 1. The van der Waals surface area contributed by atoms with E-state index in [0.717, 1.165) is 10.9 Å². The maximum Gasteiger partial charge on any atom is 0.153 e. The van der Waals surface area contributed by atoms with Crippen LogP contribution in [0.3, 0.4) is 0 Å². The lowest BCUT2D eigenvalue weighted by atomic mass is 10.2. The van der Waals surface area contributed by atoms with Crippen LogP contribution in [0.4, 0.5) is 5.82 Å². The summed E-state index contributed by atoms with van der Waals surface area (Å²) in [6.07, 6.45) is 0. The van der Waals surface area contributed by atoms with E-state index >= 15 is 0 Å². The predicted molar refractivity (Wildman–Crippen MR) is 67.9 cm³/mol. The first-order valence-electron chi connectivity index (χ1n) is 5.47. The Morgan fingerprint density at radius 3 is 2.33 bits per heavy atom. The lowest BCUT2D eigenvalue weighted by molar-refractivity contribution is 1.13. The van der Waals surface area contributed by atoms with Gasteiger partial charge in [-0.25, -0.2) is 0 Å². The van der Waals surface area contributed by atoms with E-state index in [4.69, 9.17) is 5.73 Å². The van der Waals surface area contributed by atoms with Crippen molar-refractivity contribution in [2.75, 3.05) is 5.73 Å². The number of nitrogens with zero attached hydrogens (tertiary/aromatic N) is 1. The van der Waals surface area contributed by atoms with Crippen LogP contribution >= 0.6 is 0 Å². The van der Waals surface area contributed by atoms with Gasteiger partial charge < -0.3 is 5.73 Å². The molecule has 0 aliphatic heterocycles. The average Bonchev–Trinajstić information content (AvgIpc) is 2.65. The molecular weight excluding hydrogens is 186 g/mol. The van der Waals surface area contributed by atoms with E-state index in [9.17, 15) is 0 Å². The van der Waals surface area contributed by atoms with Crippen molar-refractivity contribution in [2.24, 2.45) is 0 Å². The van der Waals surface area contributed by atoms with Crippen LogP contribution in [0.15, 0.2) is 18.2 Å². The Hall–Kier alpha value is -1.51. The molecule has 15 heavy (non-hydrogen) atoms. The molecule has 1 heterocycles. The Labute approximate surface area is 91.7 Å². The third-order valence-electron chi connectivity index (χ3n) is 1.75. The molecule has 0 unspecified atom stereocenters. The summed E-state index contributed by atoms with van der Waals surface area (Å²) in [6.45, 7) is 10.0. The second kappa shape index (κ2) is 6.87. The number of aromatic nitrogens is 2. The fourth-order valence-electron chi connectivity index (χ4n) is 1.15. The maximum atomic E-state index is 5.58. The van der Waals surface area contributed by atoms with Gasteiger partial charge in [0.2, 0.25) is 0 Å². The molecule has 1 aromatic heterocycles. The number of anilines is 1. The van der Waals surface area contributed by atoms with Crippen LogP contribution in [0.1, 0.15) is 33.3 Å². The molecule has 0 aliphatic carbocycles. The summed E-state index contributed by atoms with van der Waals surface area (Å²) in [7, 11) is 0. The van der Waals surface area contributed by atoms with Crippen molar-refractivity contribution in [2.45, 2.75) is 34.6 Å². The van der Waals surface area contributed by atoms with Crippen molar-refractivity contribution in [1.29, 1.82) is 0 Å². The molecule has 0 radical (unpaired) electrons. The van der Waals surface area contributed by atoms with E-state index in [0.29, 0.717) is 5.82 Å². The molecule has 3 nitrogen and oxygen atoms in total. The van der Waals surface area contributed by atoms with Crippen LogP contribution in [-0.4, -0.2) is 10.2 Å². The number of rotatable bonds is 0. The van der Waals surface area contributed by atoms with Crippen LogP contribution < -0.4 is 5.73 Å². The molecule has 2 aromatic rings. The van der Waals surface area contributed by atoms with Crippen molar-refractivity contribution >= 4 is 16.7 Å². The molecule has 3 N–H and O–H groups in total. The number of aryl methyl sites for hydroxylation is 1. The van der Waals surface area contributed by atoms with Crippen molar-refractivity contribution in [3.63, 3.8) is 0 Å². The van der Waals surface area contributed by atoms with Crippen LogP contribution in [0.2, 0.25) is 0 Å². The molecule has 1 aromatic carbocycles. The molecular formula is C12H21N3. The SMILES string of the molecule is CC.CC.Cc1ccc2c(N)n[nH]c2c1. The van der Waals surface area contributed by atoms with Crippen LogP contribution in [-0.2, 0) is 0 Å². The summed E-state index contributed by atoms with van der Waals surface area (Å²) in [5, 5.41) is 7.74. The smallest absolute Gasteiger partial charge is 0.153 e. The normalized spacial score (nSPS) is 8.60. The third-order valence-corrected chi connectivity index (χ3v) is 1.75. The molecule has 0 atom stereocenters. The molecule has 0 bridgehead atoms. The zero-order valence-corrected chi connectivity index (χ0v) is 10.3. The number of nitrogen functional groups attached to an aromatic ring is 1. The van der Waals surface area contributed by atoms with E-state index in [2.05, 4.69) is 10.2 Å². The van der Waals surface area contributed by atoms with Gasteiger partial charge in [0.15, 0.2) is 5.82 Å². The summed E-state index contributed by atoms with van der Waals surface area (Å²) in [5.74, 6) is 0.569. The minimum atomic E-state index is 0.569. The minimum Gasteiger partial charge on any atom is -0.382 e. The standard InChI is InChI=1S/C8H9N3.2C2H6/c1-5-2-3-6-7(4-5)10-11-8(6)9;2*1-2/h2-4H,1H3,(H3,9,10,11);2*1-2H3. The van der Waals surface area contributed by atoms with Gasteiger partial charge in [-0.2, -0.15) is 5.10 Å². The lowest BCUT2D eigenvalue weighted by Crippen LogP contribution is -1.83. The molecule has 0 amide bonds. The summed E-state index contributed by atoms with van der Waals surface area (Å²) >= 11 is 0. The van der Waals surface area contributed by atoms with Gasteiger partial charge >= 0.3 is 0 Å². The fraction of sp³-hybridized carbons (Fsp3) is 0.417. The highest BCUT2D eigenvalue weighted by Gasteiger charge is 1.99. The Balaban J connectivity index is 0.000000442. The Bertz CT molecular complexity index is 391. The number of fused-ring (bicyclic) bond motifs is 1. The average molecular weight is 207 g/mol. The molecule has 2 rings (SSSR count). The van der Waals surface area contributed by atoms with Crippen molar-refractivity contribution < 1.29 is 0 Å². The van der Waals surface area contributed by atoms with E-state index in [1.165, 1.54) is 5.56 Å². The first-order chi connectivity index (χ1) is 7.27. The van der Waals surface area contributed by atoms with Crippen molar-refractivity contribution in [3.8, 4) is 0 Å². The minimum absolute atomic E-state index is 0.569. The van der Waals surface area contributed by atoms with E-state index in [1.54, 1.807) is 0 Å². The molecule has 0 aliphatic rings. The van der Waals surface area contributed by atoms with Gasteiger partial charge in [-0.1, -0.05) is 33.8 Å². The number of hydrogen-bond acceptors (Lipinski definition) is 2. The monoisotopic (exact) mass is 207 g/mol. The molecule has 0 fully saturated rings. The van der Waals surface area contributed by atoms with Gasteiger partial charge in [0.05, 0.1) is 5.52 Å². The molecule has 0 spiro atoms. The lowest BCUT2D eigenvalue weighted by Gasteiger charge is -1.90. The zero-order valence-electron chi connectivity index (χ0n) is 10.3. The van der Waals surface area contributed by atoms with Gasteiger partial charge in [0.1, 0.15) is 0 Å². The Morgan fingerprint density at radius 1 is 1.13 bits per heavy atom. The second-order valence-electron chi connectivity index (χ2n) is 2.66. The Morgan fingerprint density at radius 2 is 1.73 bits per heavy atom. The first kappa shape index (κ1) is 13.5. The number of nitrogens with one attached hydrogen (secondary N) is 1. The quantitative estimate of drug-likeness (QED) is 0.694. The van der Waals surface area contributed by atoms with Crippen molar-refractivity contribution in [1.82, 2.24) is 10.2 Å². The van der Waals surface area contributed by atoms with Gasteiger partial charge in [-0.05, 0) is 24.6 Å². The predicted octanol–water partition coefficient (Wildman–Crippen LogP) is 3.51. The molecule has 0 saturated carbocycles. The molecule has 3 heteroatoms. The fourth-order valence-corrected chi connectivity index (χ4v) is 1.15. The van der Waals surface area contributed by atoms with E-state index in [1.807, 2.05) is 52.8 Å². The third kappa shape index (κ3) is 3.27. The van der Waals surface area contributed by atoms with Crippen LogP contribution in [0.5, 0.6) is 0 Å². The number of nitrogens with two attached hydrogens (primary N) is 1. The largest absolute Gasteiger partial charge is 0.382 e. The van der Waals surface area contributed by atoms with Gasteiger partial charge in [0, 0.05) is 5.39 Å². The number of hydrogen-bond donors (Lipinski definition) is 2. The van der Waals surface area contributed by atoms with E-state index < -0.39 is 0 Å². The topological polar surface area (TPSA) is 54.7 Å².